The van der Waals surface area contributed by atoms with Crippen LogP contribution in [0.4, 0.5) is 11.4 Å². The number of benzene rings is 2. The maximum absolute atomic E-state index is 12.4. The summed E-state index contributed by atoms with van der Waals surface area (Å²) in [6.45, 7) is 3.96. The van der Waals surface area contributed by atoms with E-state index in [0.29, 0.717) is 5.56 Å². The molecular weight excluding hydrogens is 328 g/mol. The van der Waals surface area contributed by atoms with Crippen molar-refractivity contribution in [3.8, 4) is 0 Å². The van der Waals surface area contributed by atoms with Crippen LogP contribution in [0.3, 0.4) is 0 Å². The molecule has 0 fully saturated rings. The summed E-state index contributed by atoms with van der Waals surface area (Å²) in [4.78, 5) is 14.4. The molecule has 0 aliphatic carbocycles. The Bertz CT molecular complexity index is 680. The van der Waals surface area contributed by atoms with Crippen LogP contribution in [0, 0.1) is 13.8 Å². The zero-order valence-electron chi connectivity index (χ0n) is 12.7. The van der Waals surface area contributed by atoms with E-state index in [-0.39, 0.29) is 5.91 Å². The minimum absolute atomic E-state index is 0.105. The van der Waals surface area contributed by atoms with E-state index in [1.165, 1.54) is 0 Å². The third-order valence-electron chi connectivity index (χ3n) is 3.41. The van der Waals surface area contributed by atoms with E-state index in [4.69, 9.17) is 0 Å². The first kappa shape index (κ1) is 15.6. The van der Waals surface area contributed by atoms with Crippen molar-refractivity contribution in [3.63, 3.8) is 0 Å². The quantitative estimate of drug-likeness (QED) is 0.893. The van der Waals surface area contributed by atoms with Crippen molar-refractivity contribution in [2.24, 2.45) is 0 Å². The number of hydrogen-bond acceptors (Lipinski definition) is 2. The molecule has 21 heavy (non-hydrogen) atoms. The number of aryl methyl sites for hydroxylation is 2. The van der Waals surface area contributed by atoms with Gasteiger partial charge in [-0.2, -0.15) is 0 Å². The summed E-state index contributed by atoms with van der Waals surface area (Å²) in [6, 6.07) is 11.7. The summed E-state index contributed by atoms with van der Waals surface area (Å²) in [5, 5.41) is 2.97. The zero-order chi connectivity index (χ0) is 15.6. The van der Waals surface area contributed by atoms with Gasteiger partial charge in [-0.1, -0.05) is 12.1 Å². The molecule has 1 amide bonds. The van der Waals surface area contributed by atoms with Gasteiger partial charge in [0.15, 0.2) is 0 Å². The highest BCUT2D eigenvalue weighted by Crippen LogP contribution is 2.25. The first-order valence-corrected chi connectivity index (χ1v) is 7.54. The Morgan fingerprint density at radius 1 is 1.10 bits per heavy atom. The van der Waals surface area contributed by atoms with E-state index >= 15 is 0 Å². The number of anilines is 2. The third-order valence-corrected chi connectivity index (χ3v) is 4.46. The van der Waals surface area contributed by atoms with Gasteiger partial charge in [0, 0.05) is 29.9 Å². The normalized spacial score (nSPS) is 10.3. The van der Waals surface area contributed by atoms with Crippen molar-refractivity contribution in [2.75, 3.05) is 24.3 Å². The van der Waals surface area contributed by atoms with Crippen LogP contribution < -0.4 is 10.2 Å². The Balaban J connectivity index is 2.26. The van der Waals surface area contributed by atoms with E-state index in [1.54, 1.807) is 0 Å². The highest BCUT2D eigenvalue weighted by atomic mass is 79.9. The molecule has 0 spiro atoms. The van der Waals surface area contributed by atoms with Gasteiger partial charge in [-0.15, -0.1) is 0 Å². The second kappa shape index (κ2) is 6.31. The van der Waals surface area contributed by atoms with Crippen LogP contribution in [0.25, 0.3) is 0 Å². The SMILES string of the molecule is Cc1cc(N(C)C)ccc1NC(=O)c1cccc(C)c1Br. The average Bonchev–Trinajstić information content (AvgIpc) is 2.43. The molecule has 0 unspecified atom stereocenters. The van der Waals surface area contributed by atoms with Crippen molar-refractivity contribution in [1.82, 2.24) is 0 Å². The smallest absolute Gasteiger partial charge is 0.256 e. The van der Waals surface area contributed by atoms with Crippen LogP contribution in [0.15, 0.2) is 40.9 Å². The van der Waals surface area contributed by atoms with E-state index in [2.05, 4.69) is 27.3 Å². The molecule has 0 radical (unpaired) electrons. The van der Waals surface area contributed by atoms with Crippen LogP contribution in [-0.4, -0.2) is 20.0 Å². The van der Waals surface area contributed by atoms with Crippen molar-refractivity contribution in [1.29, 1.82) is 0 Å². The van der Waals surface area contributed by atoms with Gasteiger partial charge >= 0.3 is 0 Å². The molecule has 0 atom stereocenters. The minimum atomic E-state index is -0.105. The Morgan fingerprint density at radius 2 is 1.81 bits per heavy atom. The predicted molar refractivity (Wildman–Crippen MR) is 92.3 cm³/mol. The van der Waals surface area contributed by atoms with Crippen LogP contribution in [0.5, 0.6) is 0 Å². The molecule has 0 saturated heterocycles. The third kappa shape index (κ3) is 3.45. The lowest BCUT2D eigenvalue weighted by molar-refractivity contribution is 0.102. The van der Waals surface area contributed by atoms with Gasteiger partial charge in [-0.25, -0.2) is 0 Å². The monoisotopic (exact) mass is 346 g/mol. The summed E-state index contributed by atoms with van der Waals surface area (Å²) in [5.74, 6) is -0.105. The fraction of sp³-hybridized carbons (Fsp3) is 0.235. The van der Waals surface area contributed by atoms with Gasteiger partial charge in [0.1, 0.15) is 0 Å². The summed E-state index contributed by atoms with van der Waals surface area (Å²) in [6.07, 6.45) is 0. The lowest BCUT2D eigenvalue weighted by atomic mass is 10.1. The first-order chi connectivity index (χ1) is 9.90. The highest BCUT2D eigenvalue weighted by molar-refractivity contribution is 9.10. The molecule has 110 valence electrons. The zero-order valence-corrected chi connectivity index (χ0v) is 14.3. The Hall–Kier alpha value is -1.81. The van der Waals surface area contributed by atoms with E-state index in [9.17, 15) is 4.79 Å². The number of carbonyl (C=O) groups is 1. The molecular formula is C17H19BrN2O. The number of nitrogens with zero attached hydrogens (tertiary/aromatic N) is 1. The van der Waals surface area contributed by atoms with Crippen LogP contribution >= 0.6 is 15.9 Å². The van der Waals surface area contributed by atoms with Crippen molar-refractivity contribution < 1.29 is 4.79 Å². The fourth-order valence-electron chi connectivity index (χ4n) is 2.08. The summed E-state index contributed by atoms with van der Waals surface area (Å²) in [5.41, 5.74) is 4.67. The van der Waals surface area contributed by atoms with Crippen LogP contribution in [0.2, 0.25) is 0 Å². The fourth-order valence-corrected chi connectivity index (χ4v) is 2.52. The molecule has 2 aromatic rings. The molecule has 4 heteroatoms. The molecule has 0 bridgehead atoms. The maximum Gasteiger partial charge on any atom is 0.256 e. The van der Waals surface area contributed by atoms with Gasteiger partial charge in [0.25, 0.3) is 5.91 Å². The minimum Gasteiger partial charge on any atom is -0.378 e. The molecule has 0 aliphatic heterocycles. The van der Waals surface area contributed by atoms with Gasteiger partial charge in [0.05, 0.1) is 5.56 Å². The summed E-state index contributed by atoms with van der Waals surface area (Å²) in [7, 11) is 3.99. The topological polar surface area (TPSA) is 32.3 Å². The molecule has 2 aromatic carbocycles. The number of hydrogen-bond donors (Lipinski definition) is 1. The Morgan fingerprint density at radius 3 is 2.43 bits per heavy atom. The number of nitrogens with one attached hydrogen (secondary N) is 1. The molecule has 0 aliphatic rings. The number of rotatable bonds is 3. The summed E-state index contributed by atoms with van der Waals surface area (Å²) < 4.78 is 0.838. The van der Waals surface area contributed by atoms with Gasteiger partial charge in [-0.05, 0) is 65.2 Å². The number of amides is 1. The number of halogens is 1. The average molecular weight is 347 g/mol. The van der Waals surface area contributed by atoms with E-state index in [1.807, 2.05) is 63.2 Å². The van der Waals surface area contributed by atoms with Crippen molar-refractivity contribution >= 4 is 33.2 Å². The van der Waals surface area contributed by atoms with Crippen molar-refractivity contribution in [2.45, 2.75) is 13.8 Å². The summed E-state index contributed by atoms with van der Waals surface area (Å²) >= 11 is 3.48. The highest BCUT2D eigenvalue weighted by Gasteiger charge is 2.12. The molecule has 0 heterocycles. The van der Waals surface area contributed by atoms with Crippen LogP contribution in [0.1, 0.15) is 21.5 Å². The van der Waals surface area contributed by atoms with Crippen LogP contribution in [-0.2, 0) is 0 Å². The molecule has 0 saturated carbocycles. The largest absolute Gasteiger partial charge is 0.378 e. The molecule has 2 rings (SSSR count). The molecule has 0 aromatic heterocycles. The standard InChI is InChI=1S/C17H19BrN2O/c1-11-6-5-7-14(16(11)18)17(21)19-15-9-8-13(20(3)4)10-12(15)2/h5-10H,1-4H3,(H,19,21). The van der Waals surface area contributed by atoms with Crippen molar-refractivity contribution in [3.05, 3.63) is 57.6 Å². The lowest BCUT2D eigenvalue weighted by Crippen LogP contribution is -2.14. The van der Waals surface area contributed by atoms with E-state index < -0.39 is 0 Å². The first-order valence-electron chi connectivity index (χ1n) is 6.74. The molecule has 3 nitrogen and oxygen atoms in total. The lowest BCUT2D eigenvalue weighted by Gasteiger charge is -2.16. The second-order valence-electron chi connectivity index (χ2n) is 5.28. The second-order valence-corrected chi connectivity index (χ2v) is 6.08. The Labute approximate surface area is 134 Å². The van der Waals surface area contributed by atoms with Gasteiger partial charge in [0.2, 0.25) is 0 Å². The molecule has 1 N–H and O–H groups in total. The number of carbonyl (C=O) groups excluding carboxylic acids is 1. The predicted octanol–water partition coefficient (Wildman–Crippen LogP) is 4.38. The van der Waals surface area contributed by atoms with E-state index in [0.717, 1.165) is 27.0 Å². The maximum atomic E-state index is 12.4. The van der Waals surface area contributed by atoms with Gasteiger partial charge < -0.3 is 10.2 Å². The van der Waals surface area contributed by atoms with Gasteiger partial charge in [-0.3, -0.25) is 4.79 Å². The Kier molecular flexibility index (Phi) is 4.68.